The molecule has 92 valence electrons. The number of amides is 1. The number of carbonyl (C=O) groups excluding carboxylic acids is 1. The molecule has 1 rings (SSSR count). The number of hydrogen-bond donors (Lipinski definition) is 3. The monoisotopic (exact) mass is 255 g/mol. The summed E-state index contributed by atoms with van der Waals surface area (Å²) in [6.07, 6.45) is 0.283. The molecule has 0 bridgehead atoms. The number of nitrogens with two attached hydrogens (primary N) is 1. The van der Waals surface area contributed by atoms with E-state index in [1.54, 1.807) is 12.1 Å². The predicted molar refractivity (Wildman–Crippen MR) is 66.5 cm³/mol. The average Bonchev–Trinajstić information content (AvgIpc) is 2.32. The fraction of sp³-hybridized carbons (Fsp3) is 0.273. The van der Waals surface area contributed by atoms with Crippen molar-refractivity contribution in [3.63, 3.8) is 0 Å². The Bertz CT molecular complexity index is 446. The van der Waals surface area contributed by atoms with E-state index in [1.807, 2.05) is 13.0 Å². The number of amidine groups is 1. The minimum atomic E-state index is -0.274. The van der Waals surface area contributed by atoms with Crippen molar-refractivity contribution < 1.29 is 10.0 Å². The van der Waals surface area contributed by atoms with Crippen LogP contribution in [0.3, 0.4) is 0 Å². The first-order valence-electron chi connectivity index (χ1n) is 5.06. The number of benzene rings is 1. The molecule has 0 aliphatic carbocycles. The van der Waals surface area contributed by atoms with E-state index in [1.165, 1.54) is 0 Å². The molecule has 17 heavy (non-hydrogen) atoms. The van der Waals surface area contributed by atoms with Gasteiger partial charge < -0.3 is 16.3 Å². The topological polar surface area (TPSA) is 87.7 Å². The third kappa shape index (κ3) is 3.64. The number of hydrogen-bond acceptors (Lipinski definition) is 3. The first kappa shape index (κ1) is 13.3. The first-order chi connectivity index (χ1) is 8.06. The number of nitrogens with one attached hydrogen (secondary N) is 1. The van der Waals surface area contributed by atoms with Gasteiger partial charge in [-0.3, -0.25) is 4.79 Å². The summed E-state index contributed by atoms with van der Waals surface area (Å²) < 4.78 is 0. The molecule has 0 fully saturated rings. The second kappa shape index (κ2) is 6.10. The van der Waals surface area contributed by atoms with Gasteiger partial charge in [0.25, 0.3) is 5.91 Å². The van der Waals surface area contributed by atoms with Crippen LogP contribution < -0.4 is 11.1 Å². The molecular formula is C11H14ClN3O2. The van der Waals surface area contributed by atoms with Gasteiger partial charge in [-0.1, -0.05) is 28.9 Å². The standard InChI is InChI=1S/C11H14ClN3O2/c1-7-3-2-4-8(10(7)12)11(16)14-6-5-9(13)15-17/h2-4,17H,5-6H2,1H3,(H2,13,15)(H,14,16). The summed E-state index contributed by atoms with van der Waals surface area (Å²) in [5.74, 6) is -0.204. The van der Waals surface area contributed by atoms with Gasteiger partial charge in [-0.25, -0.2) is 0 Å². The number of carbonyl (C=O) groups is 1. The number of oxime groups is 1. The van der Waals surface area contributed by atoms with E-state index in [0.29, 0.717) is 17.1 Å². The molecule has 0 unspecified atom stereocenters. The Morgan fingerprint density at radius 2 is 2.29 bits per heavy atom. The zero-order chi connectivity index (χ0) is 12.8. The number of rotatable bonds is 4. The van der Waals surface area contributed by atoms with Gasteiger partial charge in [0.1, 0.15) is 5.84 Å². The molecule has 1 aromatic rings. The van der Waals surface area contributed by atoms with E-state index in [2.05, 4.69) is 10.5 Å². The minimum Gasteiger partial charge on any atom is -0.409 e. The quantitative estimate of drug-likeness (QED) is 0.330. The van der Waals surface area contributed by atoms with Crippen LogP contribution in [-0.2, 0) is 0 Å². The van der Waals surface area contributed by atoms with Crippen LogP contribution in [0.25, 0.3) is 0 Å². The van der Waals surface area contributed by atoms with E-state index in [4.69, 9.17) is 22.5 Å². The zero-order valence-electron chi connectivity index (χ0n) is 9.40. The van der Waals surface area contributed by atoms with Crippen molar-refractivity contribution in [2.45, 2.75) is 13.3 Å². The predicted octanol–water partition coefficient (Wildman–Crippen LogP) is 1.51. The van der Waals surface area contributed by atoms with E-state index in [-0.39, 0.29) is 18.2 Å². The largest absolute Gasteiger partial charge is 0.409 e. The lowest BCUT2D eigenvalue weighted by Crippen LogP contribution is -2.28. The summed E-state index contributed by atoms with van der Waals surface area (Å²) in [6, 6.07) is 5.24. The average molecular weight is 256 g/mol. The van der Waals surface area contributed by atoms with E-state index < -0.39 is 0 Å². The van der Waals surface area contributed by atoms with E-state index in [0.717, 1.165) is 5.56 Å². The number of halogens is 1. The molecule has 0 heterocycles. The lowest BCUT2D eigenvalue weighted by Gasteiger charge is -2.07. The van der Waals surface area contributed by atoms with E-state index in [9.17, 15) is 4.79 Å². The highest BCUT2D eigenvalue weighted by atomic mass is 35.5. The van der Waals surface area contributed by atoms with Crippen molar-refractivity contribution in [2.75, 3.05) is 6.54 Å². The summed E-state index contributed by atoms with van der Waals surface area (Å²) in [5.41, 5.74) is 6.54. The Kier molecular flexibility index (Phi) is 4.78. The van der Waals surface area contributed by atoms with Gasteiger partial charge >= 0.3 is 0 Å². The normalized spacial score (nSPS) is 11.3. The molecule has 0 aliphatic heterocycles. The molecule has 0 aliphatic rings. The Balaban J connectivity index is 2.62. The van der Waals surface area contributed by atoms with Crippen LogP contribution in [0.4, 0.5) is 0 Å². The van der Waals surface area contributed by atoms with Gasteiger partial charge in [0.2, 0.25) is 0 Å². The van der Waals surface area contributed by atoms with Crippen molar-refractivity contribution >= 4 is 23.3 Å². The maximum Gasteiger partial charge on any atom is 0.252 e. The highest BCUT2D eigenvalue weighted by Gasteiger charge is 2.10. The van der Waals surface area contributed by atoms with Gasteiger partial charge in [-0.15, -0.1) is 0 Å². The molecule has 4 N–H and O–H groups in total. The minimum absolute atomic E-state index is 0.0700. The Hall–Kier alpha value is -1.75. The molecule has 0 saturated carbocycles. The molecule has 0 radical (unpaired) electrons. The summed E-state index contributed by atoms with van der Waals surface area (Å²) in [4.78, 5) is 11.7. The van der Waals surface area contributed by atoms with Crippen molar-refractivity contribution in [1.29, 1.82) is 0 Å². The zero-order valence-corrected chi connectivity index (χ0v) is 10.2. The van der Waals surface area contributed by atoms with Gasteiger partial charge in [0.05, 0.1) is 10.6 Å². The fourth-order valence-electron chi connectivity index (χ4n) is 1.27. The van der Waals surface area contributed by atoms with Crippen LogP contribution in [0.15, 0.2) is 23.4 Å². The SMILES string of the molecule is Cc1cccc(C(=O)NCC/C(N)=N/O)c1Cl. The Labute approximate surface area is 104 Å². The van der Waals surface area contributed by atoms with Crippen LogP contribution in [0.2, 0.25) is 5.02 Å². The van der Waals surface area contributed by atoms with Crippen molar-refractivity contribution in [2.24, 2.45) is 10.9 Å². The summed E-state index contributed by atoms with van der Waals surface area (Å²) in [6.45, 7) is 2.12. The number of aryl methyl sites for hydroxylation is 1. The third-order valence-electron chi connectivity index (χ3n) is 2.23. The molecule has 0 spiro atoms. The van der Waals surface area contributed by atoms with Gasteiger partial charge in [0.15, 0.2) is 0 Å². The first-order valence-corrected chi connectivity index (χ1v) is 5.43. The van der Waals surface area contributed by atoms with Gasteiger partial charge in [-0.05, 0) is 18.6 Å². The summed E-state index contributed by atoms with van der Waals surface area (Å²) in [7, 11) is 0. The smallest absolute Gasteiger partial charge is 0.252 e. The third-order valence-corrected chi connectivity index (χ3v) is 2.73. The van der Waals surface area contributed by atoms with Crippen LogP contribution in [0.1, 0.15) is 22.3 Å². The lowest BCUT2D eigenvalue weighted by molar-refractivity contribution is 0.0954. The second-order valence-electron chi connectivity index (χ2n) is 3.53. The molecule has 0 saturated heterocycles. The molecule has 1 amide bonds. The van der Waals surface area contributed by atoms with Crippen molar-refractivity contribution in [1.82, 2.24) is 5.32 Å². The summed E-state index contributed by atoms with van der Waals surface area (Å²) >= 11 is 6.01. The van der Waals surface area contributed by atoms with E-state index >= 15 is 0 Å². The maximum absolute atomic E-state index is 11.7. The van der Waals surface area contributed by atoms with Gasteiger partial charge in [-0.2, -0.15) is 0 Å². The number of nitrogens with zero attached hydrogens (tertiary/aromatic N) is 1. The van der Waals surface area contributed by atoms with Crippen molar-refractivity contribution in [3.8, 4) is 0 Å². The molecular weight excluding hydrogens is 242 g/mol. The second-order valence-corrected chi connectivity index (χ2v) is 3.91. The summed E-state index contributed by atoms with van der Waals surface area (Å²) in [5, 5.41) is 14.2. The highest BCUT2D eigenvalue weighted by molar-refractivity contribution is 6.34. The van der Waals surface area contributed by atoms with Crippen LogP contribution >= 0.6 is 11.6 Å². The molecule has 6 heteroatoms. The fourth-order valence-corrected chi connectivity index (χ4v) is 1.48. The molecule has 1 aromatic carbocycles. The van der Waals surface area contributed by atoms with Crippen molar-refractivity contribution in [3.05, 3.63) is 34.3 Å². The van der Waals surface area contributed by atoms with Crippen LogP contribution in [0, 0.1) is 6.92 Å². The molecule has 5 nitrogen and oxygen atoms in total. The van der Waals surface area contributed by atoms with Gasteiger partial charge in [0, 0.05) is 13.0 Å². The lowest BCUT2D eigenvalue weighted by atomic mass is 10.1. The Morgan fingerprint density at radius 1 is 1.59 bits per heavy atom. The maximum atomic E-state index is 11.7. The highest BCUT2D eigenvalue weighted by Crippen LogP contribution is 2.19. The Morgan fingerprint density at radius 3 is 2.94 bits per heavy atom. The van der Waals surface area contributed by atoms with Crippen LogP contribution in [-0.4, -0.2) is 23.5 Å². The van der Waals surface area contributed by atoms with Crippen LogP contribution in [0.5, 0.6) is 0 Å². The molecule has 0 aromatic heterocycles. The molecule has 0 atom stereocenters.